The molecule has 0 unspecified atom stereocenters. The van der Waals surface area contributed by atoms with E-state index in [4.69, 9.17) is 0 Å². The second-order valence-electron chi connectivity index (χ2n) is 3.05. The first kappa shape index (κ1) is 9.45. The summed E-state index contributed by atoms with van der Waals surface area (Å²) in [6.45, 7) is 1.52. The topological polar surface area (TPSA) is 55.7 Å². The number of carbonyl (C=O) groups excluding carboxylic acids is 1. The van der Waals surface area contributed by atoms with Gasteiger partial charge < -0.3 is 0 Å². The monoisotopic (exact) mass is 199 g/mol. The molecule has 0 saturated heterocycles. The average molecular weight is 199 g/mol. The molecule has 0 aromatic carbocycles. The van der Waals surface area contributed by atoms with Crippen molar-refractivity contribution in [3.63, 3.8) is 0 Å². The van der Waals surface area contributed by atoms with Crippen molar-refractivity contribution in [2.24, 2.45) is 0 Å². The lowest BCUT2D eigenvalue weighted by Crippen LogP contribution is -1.99. The van der Waals surface area contributed by atoms with Gasteiger partial charge in [-0.05, 0) is 25.1 Å². The number of pyridine rings is 1. The normalized spacial score (nSPS) is 9.93. The number of Topliss-reactive ketones (excluding diaryl/α,β-unsaturated/α-hetero) is 1. The van der Waals surface area contributed by atoms with Crippen LogP contribution >= 0.6 is 0 Å². The standard InChI is InChI=1S/C11H9N3O/c1-8(15)9-3-2-5-13-11(9)10-4-6-12-7-14-10/h2-7H,1H3. The molecule has 0 amide bonds. The van der Waals surface area contributed by atoms with Crippen LogP contribution in [0.1, 0.15) is 17.3 Å². The fraction of sp³-hybridized carbons (Fsp3) is 0.0909. The van der Waals surface area contributed by atoms with Crippen molar-refractivity contribution in [3.8, 4) is 11.4 Å². The van der Waals surface area contributed by atoms with Crippen LogP contribution in [0.5, 0.6) is 0 Å². The SMILES string of the molecule is CC(=O)c1cccnc1-c1ccncn1. The van der Waals surface area contributed by atoms with E-state index in [1.54, 1.807) is 30.6 Å². The Balaban J connectivity index is 2.58. The van der Waals surface area contributed by atoms with Gasteiger partial charge in [-0.2, -0.15) is 0 Å². The van der Waals surface area contributed by atoms with Gasteiger partial charge in [0, 0.05) is 18.0 Å². The van der Waals surface area contributed by atoms with E-state index in [1.165, 1.54) is 13.3 Å². The van der Waals surface area contributed by atoms with Gasteiger partial charge in [0.05, 0.1) is 11.4 Å². The zero-order valence-corrected chi connectivity index (χ0v) is 8.21. The van der Waals surface area contributed by atoms with Gasteiger partial charge in [0.2, 0.25) is 0 Å². The Morgan fingerprint density at radius 1 is 1.20 bits per heavy atom. The molecule has 0 aliphatic heterocycles. The minimum Gasteiger partial charge on any atom is -0.294 e. The van der Waals surface area contributed by atoms with Crippen LogP contribution in [0.2, 0.25) is 0 Å². The highest BCUT2D eigenvalue weighted by Gasteiger charge is 2.10. The van der Waals surface area contributed by atoms with Crippen molar-refractivity contribution >= 4 is 5.78 Å². The molecule has 2 aromatic rings. The second kappa shape index (κ2) is 3.96. The zero-order chi connectivity index (χ0) is 10.7. The lowest BCUT2D eigenvalue weighted by molar-refractivity contribution is 0.101. The number of ketones is 1. The minimum atomic E-state index is -0.0169. The van der Waals surface area contributed by atoms with Crippen molar-refractivity contribution in [1.82, 2.24) is 15.0 Å². The summed E-state index contributed by atoms with van der Waals surface area (Å²) < 4.78 is 0. The van der Waals surface area contributed by atoms with Crippen LogP contribution in [0.4, 0.5) is 0 Å². The first-order chi connectivity index (χ1) is 7.29. The Bertz CT molecular complexity index is 482. The lowest BCUT2D eigenvalue weighted by Gasteiger charge is -2.03. The van der Waals surface area contributed by atoms with E-state index in [9.17, 15) is 4.79 Å². The van der Waals surface area contributed by atoms with Gasteiger partial charge in [-0.1, -0.05) is 0 Å². The Hall–Kier alpha value is -2.10. The van der Waals surface area contributed by atoms with Gasteiger partial charge in [-0.15, -0.1) is 0 Å². The van der Waals surface area contributed by atoms with Crippen LogP contribution < -0.4 is 0 Å². The summed E-state index contributed by atoms with van der Waals surface area (Å²) in [5, 5.41) is 0. The summed E-state index contributed by atoms with van der Waals surface area (Å²) in [7, 11) is 0. The van der Waals surface area contributed by atoms with Gasteiger partial charge >= 0.3 is 0 Å². The quantitative estimate of drug-likeness (QED) is 0.691. The predicted octanol–water partition coefficient (Wildman–Crippen LogP) is 1.74. The van der Waals surface area contributed by atoms with E-state index in [1.807, 2.05) is 0 Å². The molecule has 0 bridgehead atoms. The van der Waals surface area contributed by atoms with E-state index in [0.717, 1.165) is 0 Å². The van der Waals surface area contributed by atoms with Crippen LogP contribution in [0.3, 0.4) is 0 Å². The Morgan fingerprint density at radius 2 is 2.07 bits per heavy atom. The molecule has 0 saturated carbocycles. The summed E-state index contributed by atoms with van der Waals surface area (Å²) in [6.07, 6.45) is 4.71. The van der Waals surface area contributed by atoms with Gasteiger partial charge in [-0.25, -0.2) is 9.97 Å². The molecule has 4 nitrogen and oxygen atoms in total. The third kappa shape index (κ3) is 1.88. The molecule has 0 atom stereocenters. The van der Waals surface area contributed by atoms with E-state index < -0.39 is 0 Å². The first-order valence-corrected chi connectivity index (χ1v) is 4.51. The molecule has 0 radical (unpaired) electrons. The number of rotatable bonds is 2. The predicted molar refractivity (Wildman–Crippen MR) is 55.3 cm³/mol. The highest BCUT2D eigenvalue weighted by molar-refractivity contribution is 5.99. The van der Waals surface area contributed by atoms with Crippen LogP contribution in [0.15, 0.2) is 36.9 Å². The Labute approximate surface area is 87.0 Å². The fourth-order valence-corrected chi connectivity index (χ4v) is 1.32. The van der Waals surface area contributed by atoms with Crippen LogP contribution in [0.25, 0.3) is 11.4 Å². The maximum atomic E-state index is 11.4. The molecule has 2 heterocycles. The smallest absolute Gasteiger partial charge is 0.162 e. The molecular formula is C11H9N3O. The van der Waals surface area contributed by atoms with Gasteiger partial charge in [0.25, 0.3) is 0 Å². The molecule has 0 aliphatic rings. The highest BCUT2D eigenvalue weighted by atomic mass is 16.1. The summed E-state index contributed by atoms with van der Waals surface area (Å²) in [5.74, 6) is -0.0169. The molecule has 0 N–H and O–H groups in total. The van der Waals surface area contributed by atoms with Gasteiger partial charge in [0.1, 0.15) is 6.33 Å². The van der Waals surface area contributed by atoms with E-state index >= 15 is 0 Å². The van der Waals surface area contributed by atoms with Crippen molar-refractivity contribution < 1.29 is 4.79 Å². The summed E-state index contributed by atoms with van der Waals surface area (Å²) in [5.41, 5.74) is 1.85. The number of hydrogen-bond donors (Lipinski definition) is 0. The van der Waals surface area contributed by atoms with E-state index in [-0.39, 0.29) is 5.78 Å². The van der Waals surface area contributed by atoms with Crippen molar-refractivity contribution in [1.29, 1.82) is 0 Å². The summed E-state index contributed by atoms with van der Waals surface area (Å²) >= 11 is 0. The van der Waals surface area contributed by atoms with Gasteiger partial charge in [-0.3, -0.25) is 9.78 Å². The molecule has 2 aromatic heterocycles. The molecule has 2 rings (SSSR count). The fourth-order valence-electron chi connectivity index (χ4n) is 1.32. The van der Waals surface area contributed by atoms with Gasteiger partial charge in [0.15, 0.2) is 5.78 Å². The van der Waals surface area contributed by atoms with E-state index in [0.29, 0.717) is 17.0 Å². The van der Waals surface area contributed by atoms with Crippen LogP contribution in [-0.2, 0) is 0 Å². The highest BCUT2D eigenvalue weighted by Crippen LogP contribution is 2.18. The molecule has 15 heavy (non-hydrogen) atoms. The second-order valence-corrected chi connectivity index (χ2v) is 3.05. The molecular weight excluding hydrogens is 190 g/mol. The van der Waals surface area contributed by atoms with Crippen LogP contribution in [0, 0.1) is 0 Å². The van der Waals surface area contributed by atoms with E-state index in [2.05, 4.69) is 15.0 Å². The Morgan fingerprint density at radius 3 is 2.73 bits per heavy atom. The van der Waals surface area contributed by atoms with Crippen molar-refractivity contribution in [2.75, 3.05) is 0 Å². The molecule has 0 fully saturated rings. The lowest BCUT2D eigenvalue weighted by atomic mass is 10.1. The molecule has 74 valence electrons. The maximum absolute atomic E-state index is 11.4. The number of hydrogen-bond acceptors (Lipinski definition) is 4. The third-order valence-corrected chi connectivity index (χ3v) is 2.01. The molecule has 0 aliphatic carbocycles. The average Bonchev–Trinajstić information content (AvgIpc) is 2.30. The van der Waals surface area contributed by atoms with Crippen LogP contribution in [-0.4, -0.2) is 20.7 Å². The zero-order valence-electron chi connectivity index (χ0n) is 8.21. The largest absolute Gasteiger partial charge is 0.294 e. The Kier molecular flexibility index (Phi) is 2.49. The minimum absolute atomic E-state index is 0.0169. The number of aromatic nitrogens is 3. The van der Waals surface area contributed by atoms with Crippen molar-refractivity contribution in [2.45, 2.75) is 6.92 Å². The maximum Gasteiger partial charge on any atom is 0.162 e. The molecule has 4 heteroatoms. The first-order valence-electron chi connectivity index (χ1n) is 4.51. The third-order valence-electron chi connectivity index (χ3n) is 2.01. The number of carbonyl (C=O) groups is 1. The van der Waals surface area contributed by atoms with Crippen molar-refractivity contribution in [3.05, 3.63) is 42.5 Å². The summed E-state index contributed by atoms with van der Waals surface area (Å²) in [4.78, 5) is 23.4. The number of nitrogens with zero attached hydrogens (tertiary/aromatic N) is 3. The summed E-state index contributed by atoms with van der Waals surface area (Å²) in [6, 6.07) is 5.21. The molecule has 0 spiro atoms.